The van der Waals surface area contributed by atoms with E-state index in [1.165, 1.54) is 31.2 Å². The minimum Gasteiger partial charge on any atom is -0.497 e. The van der Waals surface area contributed by atoms with Gasteiger partial charge in [-0.2, -0.15) is 0 Å². The number of likely N-dealkylation sites (N-methyl/N-ethyl adjacent to an activating group) is 1. The molecule has 0 amide bonds. The lowest BCUT2D eigenvalue weighted by Crippen LogP contribution is -2.42. The fraction of sp³-hybridized carbons (Fsp3) is 0.611. The maximum absolute atomic E-state index is 5.25. The highest BCUT2D eigenvalue weighted by Gasteiger charge is 2.18. The maximum Gasteiger partial charge on any atom is 0.191 e. The number of nitrogens with zero attached hydrogens (tertiary/aromatic N) is 2. The lowest BCUT2D eigenvalue weighted by molar-refractivity contribution is 0.249. The molecular weight excluding hydrogens is 288 g/mol. The summed E-state index contributed by atoms with van der Waals surface area (Å²) in [5.41, 5.74) is 1.18. The Hall–Kier alpha value is -1.75. The average molecular weight is 318 g/mol. The van der Waals surface area contributed by atoms with Gasteiger partial charge in [0, 0.05) is 32.7 Å². The summed E-state index contributed by atoms with van der Waals surface area (Å²) in [4.78, 5) is 6.75. The molecule has 1 aliphatic rings. The van der Waals surface area contributed by atoms with Gasteiger partial charge in [0.1, 0.15) is 5.75 Å². The Balaban J connectivity index is 1.70. The molecule has 128 valence electrons. The molecule has 0 radical (unpaired) electrons. The molecule has 0 saturated heterocycles. The van der Waals surface area contributed by atoms with Crippen LogP contribution in [0.15, 0.2) is 29.3 Å². The third-order valence-corrected chi connectivity index (χ3v) is 4.52. The first-order valence-corrected chi connectivity index (χ1v) is 8.50. The van der Waals surface area contributed by atoms with Crippen molar-refractivity contribution in [2.75, 3.05) is 34.3 Å². The van der Waals surface area contributed by atoms with E-state index in [0.29, 0.717) is 0 Å². The van der Waals surface area contributed by atoms with Crippen LogP contribution >= 0.6 is 0 Å². The van der Waals surface area contributed by atoms with Crippen LogP contribution in [-0.4, -0.2) is 51.2 Å². The summed E-state index contributed by atoms with van der Waals surface area (Å²) in [6, 6.07) is 8.84. The van der Waals surface area contributed by atoms with Crippen molar-refractivity contribution in [1.82, 2.24) is 15.5 Å². The summed E-state index contributed by atoms with van der Waals surface area (Å²) in [7, 11) is 5.72. The van der Waals surface area contributed by atoms with Gasteiger partial charge in [0.15, 0.2) is 5.96 Å². The molecule has 0 aromatic heterocycles. The Morgan fingerprint density at radius 3 is 2.78 bits per heavy atom. The Bertz CT molecular complexity index is 498. The van der Waals surface area contributed by atoms with Gasteiger partial charge in [0.25, 0.3) is 0 Å². The highest BCUT2D eigenvalue weighted by molar-refractivity contribution is 5.79. The van der Waals surface area contributed by atoms with Gasteiger partial charge in [-0.1, -0.05) is 25.0 Å². The number of hydrogen-bond donors (Lipinski definition) is 2. The van der Waals surface area contributed by atoms with Crippen LogP contribution in [0.1, 0.15) is 31.2 Å². The van der Waals surface area contributed by atoms with E-state index >= 15 is 0 Å². The van der Waals surface area contributed by atoms with Crippen LogP contribution in [0.4, 0.5) is 0 Å². The van der Waals surface area contributed by atoms with Crippen molar-refractivity contribution < 1.29 is 4.74 Å². The average Bonchev–Trinajstić information content (AvgIpc) is 3.12. The van der Waals surface area contributed by atoms with Gasteiger partial charge in [-0.3, -0.25) is 4.99 Å². The Labute approximate surface area is 140 Å². The topological polar surface area (TPSA) is 48.9 Å². The standard InChI is InChI=1S/C18H30N4O/c1-19-18(20-11-12-22(2)16-8-4-5-9-16)21-14-15-7-6-10-17(13-15)23-3/h6-7,10,13,16H,4-5,8-9,11-12,14H2,1-3H3,(H2,19,20,21). The van der Waals surface area contributed by atoms with Crippen molar-refractivity contribution in [3.8, 4) is 5.75 Å². The Morgan fingerprint density at radius 2 is 2.09 bits per heavy atom. The summed E-state index contributed by atoms with van der Waals surface area (Å²) in [6.07, 6.45) is 5.46. The zero-order chi connectivity index (χ0) is 16.5. The SMILES string of the molecule is CN=C(NCCN(C)C1CCCC1)NCc1cccc(OC)c1. The van der Waals surface area contributed by atoms with Crippen LogP contribution in [0.25, 0.3) is 0 Å². The highest BCUT2D eigenvalue weighted by Crippen LogP contribution is 2.21. The number of benzene rings is 1. The first kappa shape index (κ1) is 17.6. The summed E-state index contributed by atoms with van der Waals surface area (Å²) in [6.45, 7) is 2.69. The van der Waals surface area contributed by atoms with Crippen molar-refractivity contribution in [1.29, 1.82) is 0 Å². The zero-order valence-corrected chi connectivity index (χ0v) is 14.6. The Morgan fingerprint density at radius 1 is 1.30 bits per heavy atom. The second-order valence-corrected chi connectivity index (χ2v) is 6.12. The van der Waals surface area contributed by atoms with Crippen molar-refractivity contribution in [2.45, 2.75) is 38.3 Å². The van der Waals surface area contributed by atoms with Crippen LogP contribution in [0.3, 0.4) is 0 Å². The highest BCUT2D eigenvalue weighted by atomic mass is 16.5. The largest absolute Gasteiger partial charge is 0.497 e. The molecule has 1 aromatic rings. The molecule has 2 N–H and O–H groups in total. The zero-order valence-electron chi connectivity index (χ0n) is 14.6. The van der Waals surface area contributed by atoms with Gasteiger partial charge in [-0.05, 0) is 37.6 Å². The fourth-order valence-corrected chi connectivity index (χ4v) is 3.07. The number of methoxy groups -OCH3 is 1. The molecule has 0 unspecified atom stereocenters. The number of nitrogens with one attached hydrogen (secondary N) is 2. The minimum atomic E-state index is 0.731. The number of aliphatic imine (C=N–C) groups is 1. The van der Waals surface area contributed by atoms with Gasteiger partial charge in [0.2, 0.25) is 0 Å². The van der Waals surface area contributed by atoms with Gasteiger partial charge >= 0.3 is 0 Å². The first-order valence-electron chi connectivity index (χ1n) is 8.50. The summed E-state index contributed by atoms with van der Waals surface area (Å²) < 4.78 is 5.25. The van der Waals surface area contributed by atoms with E-state index in [1.807, 2.05) is 25.2 Å². The van der Waals surface area contributed by atoms with Gasteiger partial charge in [-0.15, -0.1) is 0 Å². The van der Waals surface area contributed by atoms with Crippen LogP contribution in [-0.2, 0) is 6.54 Å². The van der Waals surface area contributed by atoms with E-state index in [0.717, 1.165) is 37.4 Å². The molecule has 0 spiro atoms. The number of rotatable bonds is 7. The molecule has 0 heterocycles. The van der Waals surface area contributed by atoms with Gasteiger partial charge in [0.05, 0.1) is 7.11 Å². The van der Waals surface area contributed by atoms with Crippen molar-refractivity contribution >= 4 is 5.96 Å². The predicted octanol–water partition coefficient (Wildman–Crippen LogP) is 2.23. The van der Waals surface area contributed by atoms with Crippen LogP contribution in [0.2, 0.25) is 0 Å². The van der Waals surface area contributed by atoms with E-state index in [1.54, 1.807) is 7.11 Å². The Kier molecular flexibility index (Phi) is 7.20. The second-order valence-electron chi connectivity index (χ2n) is 6.12. The summed E-state index contributed by atoms with van der Waals surface area (Å²) in [5, 5.41) is 6.73. The smallest absolute Gasteiger partial charge is 0.191 e. The number of ether oxygens (including phenoxy) is 1. The first-order chi connectivity index (χ1) is 11.2. The van der Waals surface area contributed by atoms with E-state index < -0.39 is 0 Å². The molecule has 5 nitrogen and oxygen atoms in total. The van der Waals surface area contributed by atoms with Crippen LogP contribution < -0.4 is 15.4 Å². The van der Waals surface area contributed by atoms with Crippen LogP contribution in [0.5, 0.6) is 5.75 Å². The summed E-state index contributed by atoms with van der Waals surface area (Å²) in [5.74, 6) is 1.72. The normalized spacial score (nSPS) is 15.9. The molecule has 2 rings (SSSR count). The van der Waals surface area contributed by atoms with E-state index in [4.69, 9.17) is 4.74 Å². The quantitative estimate of drug-likeness (QED) is 0.598. The molecule has 5 heteroatoms. The molecule has 1 aliphatic carbocycles. The predicted molar refractivity (Wildman–Crippen MR) is 96.1 cm³/mol. The van der Waals surface area contributed by atoms with Gasteiger partial charge in [-0.25, -0.2) is 0 Å². The number of hydrogen-bond acceptors (Lipinski definition) is 3. The second kappa shape index (κ2) is 9.40. The van der Waals surface area contributed by atoms with E-state index in [-0.39, 0.29) is 0 Å². The fourth-order valence-electron chi connectivity index (χ4n) is 3.07. The molecule has 0 aliphatic heterocycles. The van der Waals surface area contributed by atoms with Gasteiger partial charge < -0.3 is 20.3 Å². The molecule has 1 fully saturated rings. The maximum atomic E-state index is 5.25. The molecular formula is C18H30N4O. The third kappa shape index (κ3) is 5.75. The minimum absolute atomic E-state index is 0.731. The lowest BCUT2D eigenvalue weighted by Gasteiger charge is -2.24. The monoisotopic (exact) mass is 318 g/mol. The molecule has 0 bridgehead atoms. The lowest BCUT2D eigenvalue weighted by atomic mass is 10.2. The van der Waals surface area contributed by atoms with Crippen molar-refractivity contribution in [2.24, 2.45) is 4.99 Å². The van der Waals surface area contributed by atoms with Crippen molar-refractivity contribution in [3.63, 3.8) is 0 Å². The van der Waals surface area contributed by atoms with Crippen LogP contribution in [0, 0.1) is 0 Å². The molecule has 0 atom stereocenters. The van der Waals surface area contributed by atoms with E-state index in [9.17, 15) is 0 Å². The molecule has 1 saturated carbocycles. The molecule has 1 aromatic carbocycles. The molecule has 23 heavy (non-hydrogen) atoms. The van der Waals surface area contributed by atoms with Crippen molar-refractivity contribution in [3.05, 3.63) is 29.8 Å². The summed E-state index contributed by atoms with van der Waals surface area (Å²) >= 11 is 0. The van der Waals surface area contributed by atoms with E-state index in [2.05, 4.69) is 33.6 Å². The number of guanidine groups is 1. The third-order valence-electron chi connectivity index (χ3n) is 4.52.